The first-order valence-electron chi connectivity index (χ1n) is 6.23. The van der Waals surface area contributed by atoms with E-state index in [1.54, 1.807) is 0 Å². The van der Waals surface area contributed by atoms with E-state index in [1.807, 2.05) is 6.07 Å². The number of aromatic nitrogens is 2. The Hall–Kier alpha value is -2.68. The minimum atomic E-state index is -0.548. The summed E-state index contributed by atoms with van der Waals surface area (Å²) in [6.45, 7) is 0. The van der Waals surface area contributed by atoms with Crippen molar-refractivity contribution in [3.63, 3.8) is 0 Å². The van der Waals surface area contributed by atoms with Crippen molar-refractivity contribution in [1.82, 2.24) is 9.97 Å². The van der Waals surface area contributed by atoms with Crippen LogP contribution in [0.1, 0.15) is 29.9 Å². The fourth-order valence-electron chi connectivity index (χ4n) is 2.07. The molecule has 5 nitrogen and oxygen atoms in total. The molecule has 3 rings (SSSR count). The minimum Gasteiger partial charge on any atom is -0.337 e. The summed E-state index contributed by atoms with van der Waals surface area (Å²) in [5, 5.41) is 11.5. The Kier molecular flexibility index (Phi) is 2.95. The fourth-order valence-corrected chi connectivity index (χ4v) is 2.07. The summed E-state index contributed by atoms with van der Waals surface area (Å²) in [5.41, 5.74) is 0.814. The topological polar surface area (TPSA) is 81.6 Å². The Morgan fingerprint density at radius 2 is 2.25 bits per heavy atom. The molecule has 1 aromatic carbocycles. The van der Waals surface area contributed by atoms with E-state index in [-0.39, 0.29) is 22.7 Å². The molecule has 2 aromatic rings. The van der Waals surface area contributed by atoms with Gasteiger partial charge in [-0.05, 0) is 37.0 Å². The third kappa shape index (κ3) is 2.26. The van der Waals surface area contributed by atoms with Gasteiger partial charge in [-0.1, -0.05) is 0 Å². The first-order chi connectivity index (χ1) is 9.69. The second kappa shape index (κ2) is 4.78. The molecular weight excluding hydrogens is 259 g/mol. The SMILES string of the molecule is N#Cc1ccc(Nc2nc[nH]c(=O)c2C2CC2)c(F)c1. The molecule has 0 radical (unpaired) electrons. The molecule has 0 atom stereocenters. The van der Waals surface area contributed by atoms with Gasteiger partial charge in [0.1, 0.15) is 11.6 Å². The van der Waals surface area contributed by atoms with Gasteiger partial charge in [-0.2, -0.15) is 5.26 Å². The number of rotatable bonds is 3. The lowest BCUT2D eigenvalue weighted by molar-refractivity contribution is 0.631. The maximum Gasteiger partial charge on any atom is 0.256 e. The van der Waals surface area contributed by atoms with Gasteiger partial charge in [0.25, 0.3) is 5.56 Å². The molecule has 0 amide bonds. The predicted molar refractivity (Wildman–Crippen MR) is 71.2 cm³/mol. The highest BCUT2D eigenvalue weighted by molar-refractivity contribution is 5.61. The van der Waals surface area contributed by atoms with E-state index in [0.29, 0.717) is 11.4 Å². The largest absolute Gasteiger partial charge is 0.337 e. The van der Waals surface area contributed by atoms with Gasteiger partial charge >= 0.3 is 0 Å². The Labute approximate surface area is 114 Å². The number of H-pyrrole nitrogens is 1. The lowest BCUT2D eigenvalue weighted by Gasteiger charge is -2.10. The maximum absolute atomic E-state index is 13.8. The molecule has 1 aliphatic rings. The Balaban J connectivity index is 1.98. The van der Waals surface area contributed by atoms with E-state index >= 15 is 0 Å². The highest BCUT2D eigenvalue weighted by atomic mass is 19.1. The molecule has 6 heteroatoms. The summed E-state index contributed by atoms with van der Waals surface area (Å²) in [5.74, 6) is 0.0177. The Bertz CT molecular complexity index is 758. The number of hydrogen-bond acceptors (Lipinski definition) is 4. The Morgan fingerprint density at radius 1 is 1.45 bits per heavy atom. The first kappa shape index (κ1) is 12.4. The van der Waals surface area contributed by atoms with Crippen LogP contribution in [0.2, 0.25) is 0 Å². The zero-order chi connectivity index (χ0) is 14.1. The van der Waals surface area contributed by atoms with Crippen molar-refractivity contribution in [2.75, 3.05) is 5.32 Å². The third-order valence-corrected chi connectivity index (χ3v) is 3.23. The normalized spacial score (nSPS) is 13.8. The highest BCUT2D eigenvalue weighted by Crippen LogP contribution is 2.41. The minimum absolute atomic E-state index is 0.191. The second-order valence-corrected chi connectivity index (χ2v) is 4.70. The molecule has 100 valence electrons. The molecule has 1 aliphatic carbocycles. The fraction of sp³-hybridized carbons (Fsp3) is 0.214. The predicted octanol–water partition coefficient (Wildman–Crippen LogP) is 2.40. The molecule has 20 heavy (non-hydrogen) atoms. The summed E-state index contributed by atoms with van der Waals surface area (Å²) in [6.07, 6.45) is 3.18. The summed E-state index contributed by atoms with van der Waals surface area (Å²) < 4.78 is 13.8. The zero-order valence-corrected chi connectivity index (χ0v) is 10.5. The van der Waals surface area contributed by atoms with Crippen LogP contribution in [0.25, 0.3) is 0 Å². The maximum atomic E-state index is 13.8. The van der Waals surface area contributed by atoms with Crippen LogP contribution in [-0.4, -0.2) is 9.97 Å². The molecule has 1 heterocycles. The van der Waals surface area contributed by atoms with Crippen LogP contribution in [-0.2, 0) is 0 Å². The van der Waals surface area contributed by atoms with Crippen molar-refractivity contribution in [3.8, 4) is 6.07 Å². The number of aromatic amines is 1. The molecule has 0 spiro atoms. The van der Waals surface area contributed by atoms with Crippen LogP contribution in [0.4, 0.5) is 15.9 Å². The molecular formula is C14H11FN4O. The smallest absolute Gasteiger partial charge is 0.256 e. The highest BCUT2D eigenvalue weighted by Gasteiger charge is 2.30. The summed E-state index contributed by atoms with van der Waals surface area (Å²) >= 11 is 0. The summed E-state index contributed by atoms with van der Waals surface area (Å²) in [7, 11) is 0. The monoisotopic (exact) mass is 270 g/mol. The quantitative estimate of drug-likeness (QED) is 0.897. The van der Waals surface area contributed by atoms with Crippen LogP contribution in [0.5, 0.6) is 0 Å². The van der Waals surface area contributed by atoms with Crippen LogP contribution in [0, 0.1) is 17.1 Å². The van der Waals surface area contributed by atoms with Gasteiger partial charge in [-0.3, -0.25) is 4.79 Å². The average Bonchev–Trinajstić information content (AvgIpc) is 3.25. The lowest BCUT2D eigenvalue weighted by Crippen LogP contribution is -2.15. The van der Waals surface area contributed by atoms with Crippen molar-refractivity contribution in [2.24, 2.45) is 0 Å². The van der Waals surface area contributed by atoms with Gasteiger partial charge < -0.3 is 10.3 Å². The van der Waals surface area contributed by atoms with Gasteiger partial charge in [0.2, 0.25) is 0 Å². The van der Waals surface area contributed by atoms with Gasteiger partial charge in [0, 0.05) is 0 Å². The van der Waals surface area contributed by atoms with Crippen molar-refractivity contribution in [1.29, 1.82) is 5.26 Å². The van der Waals surface area contributed by atoms with Gasteiger partial charge in [0.05, 0.1) is 29.2 Å². The molecule has 1 saturated carbocycles. The van der Waals surface area contributed by atoms with E-state index in [2.05, 4.69) is 15.3 Å². The lowest BCUT2D eigenvalue weighted by atomic mass is 10.1. The van der Waals surface area contributed by atoms with Crippen molar-refractivity contribution in [2.45, 2.75) is 18.8 Å². The molecule has 1 aromatic heterocycles. The van der Waals surface area contributed by atoms with Gasteiger partial charge in [0.15, 0.2) is 0 Å². The van der Waals surface area contributed by atoms with E-state index < -0.39 is 5.82 Å². The number of anilines is 2. The number of nitrogens with zero attached hydrogens (tertiary/aromatic N) is 2. The van der Waals surface area contributed by atoms with Crippen molar-refractivity contribution >= 4 is 11.5 Å². The van der Waals surface area contributed by atoms with Crippen LogP contribution >= 0.6 is 0 Å². The number of hydrogen-bond donors (Lipinski definition) is 2. The van der Waals surface area contributed by atoms with Gasteiger partial charge in [-0.15, -0.1) is 0 Å². The number of nitriles is 1. The number of nitrogens with one attached hydrogen (secondary N) is 2. The van der Waals surface area contributed by atoms with E-state index in [1.165, 1.54) is 18.5 Å². The summed E-state index contributed by atoms with van der Waals surface area (Å²) in [6, 6.07) is 5.99. The van der Waals surface area contributed by atoms with E-state index in [4.69, 9.17) is 5.26 Å². The van der Waals surface area contributed by atoms with Crippen LogP contribution in [0.15, 0.2) is 29.3 Å². The van der Waals surface area contributed by atoms with Crippen molar-refractivity contribution < 1.29 is 4.39 Å². The third-order valence-electron chi connectivity index (χ3n) is 3.23. The molecule has 0 aliphatic heterocycles. The Morgan fingerprint density at radius 3 is 2.90 bits per heavy atom. The molecule has 1 fully saturated rings. The van der Waals surface area contributed by atoms with Crippen molar-refractivity contribution in [3.05, 3.63) is 51.8 Å². The van der Waals surface area contributed by atoms with Gasteiger partial charge in [-0.25, -0.2) is 9.37 Å². The van der Waals surface area contributed by atoms with Crippen LogP contribution in [0.3, 0.4) is 0 Å². The molecule has 2 N–H and O–H groups in total. The number of halogens is 1. The standard InChI is InChI=1S/C14H11FN4O/c15-10-5-8(6-16)1-4-11(10)19-13-12(9-2-3-9)14(20)18-7-17-13/h1,4-5,7,9H,2-3H2,(H2,17,18,19,20). The van der Waals surface area contributed by atoms with Crippen LogP contribution < -0.4 is 10.9 Å². The second-order valence-electron chi connectivity index (χ2n) is 4.70. The zero-order valence-electron chi connectivity index (χ0n) is 10.5. The van der Waals surface area contributed by atoms with E-state index in [0.717, 1.165) is 18.9 Å². The van der Waals surface area contributed by atoms with E-state index in [9.17, 15) is 9.18 Å². The average molecular weight is 270 g/mol. The molecule has 0 bridgehead atoms. The number of benzene rings is 1. The summed E-state index contributed by atoms with van der Waals surface area (Å²) in [4.78, 5) is 18.4. The molecule has 0 unspecified atom stereocenters. The molecule has 0 saturated heterocycles. The first-order valence-corrected chi connectivity index (χ1v) is 6.23.